The number of ether oxygens (including phenoxy) is 3. The van der Waals surface area contributed by atoms with Crippen molar-refractivity contribution < 1.29 is 33.8 Å². The third-order valence-electron chi connectivity index (χ3n) is 1.72. The summed E-state index contributed by atoms with van der Waals surface area (Å²) >= 11 is 0. The molecule has 0 fully saturated rings. The van der Waals surface area contributed by atoms with Crippen LogP contribution in [0.5, 0.6) is 5.75 Å². The van der Waals surface area contributed by atoms with Crippen LogP contribution in [0.3, 0.4) is 0 Å². The number of carbonyl (C=O) groups excluding carboxylic acids is 1. The molecule has 0 aliphatic rings. The molecule has 0 radical (unpaired) electrons. The van der Waals surface area contributed by atoms with Gasteiger partial charge < -0.3 is 14.2 Å². The first-order valence-electron chi connectivity index (χ1n) is 4.65. The van der Waals surface area contributed by atoms with E-state index in [0.29, 0.717) is 5.75 Å². The molecule has 0 saturated carbocycles. The van der Waals surface area contributed by atoms with E-state index < -0.39 is 6.16 Å². The molecule has 0 bridgehead atoms. The molecule has 0 unspecified atom stereocenters. The molecule has 0 atom stereocenters. The Hall–Kier alpha value is -2.05. The molecule has 1 N–H and O–H groups in total. The minimum atomic E-state index is -0.801. The third-order valence-corrected chi connectivity index (χ3v) is 1.72. The zero-order chi connectivity index (χ0) is 13.8. The molecule has 7 heteroatoms. The van der Waals surface area contributed by atoms with Gasteiger partial charge in [-0.2, -0.15) is 0 Å². The van der Waals surface area contributed by atoms with Gasteiger partial charge in [-0.3, -0.25) is 5.26 Å². The van der Waals surface area contributed by atoms with Crippen LogP contribution in [0, 0.1) is 6.65 Å². The predicted octanol–water partition coefficient (Wildman–Crippen LogP) is 1.76. The van der Waals surface area contributed by atoms with Gasteiger partial charge in [0, 0.05) is 0 Å². The van der Waals surface area contributed by atoms with Crippen molar-refractivity contribution in [3.05, 3.63) is 36.5 Å². The second kappa shape index (κ2) is 10.1. The predicted molar refractivity (Wildman–Crippen MR) is 56.8 cm³/mol. The summed E-state index contributed by atoms with van der Waals surface area (Å²) in [4.78, 5) is 14.5. The molecular formula is C11H12O7. The zero-order valence-corrected chi connectivity index (χ0v) is 9.62. The van der Waals surface area contributed by atoms with Crippen LogP contribution < -0.4 is 4.74 Å². The zero-order valence-electron chi connectivity index (χ0n) is 9.62. The summed E-state index contributed by atoms with van der Waals surface area (Å²) < 4.78 is 21.4. The number of hydrogen-bond acceptors (Lipinski definition) is 6. The molecular weight excluding hydrogens is 244 g/mol. The van der Waals surface area contributed by atoms with E-state index in [2.05, 4.69) is 21.0 Å². The molecule has 0 aromatic heterocycles. The van der Waals surface area contributed by atoms with Crippen molar-refractivity contribution in [2.45, 2.75) is 6.61 Å². The average Bonchev–Trinajstić information content (AvgIpc) is 2.43. The van der Waals surface area contributed by atoms with Crippen molar-refractivity contribution >= 4 is 6.16 Å². The van der Waals surface area contributed by atoms with E-state index in [4.69, 9.17) is 14.6 Å². The van der Waals surface area contributed by atoms with Gasteiger partial charge in [0.25, 0.3) is 0 Å². The van der Waals surface area contributed by atoms with E-state index in [0.717, 1.165) is 5.56 Å². The first kappa shape index (κ1) is 16.0. The Labute approximate surface area is 103 Å². The van der Waals surface area contributed by atoms with Crippen LogP contribution in [0.1, 0.15) is 5.56 Å². The molecule has 1 aromatic rings. The monoisotopic (exact) mass is 256 g/mol. The van der Waals surface area contributed by atoms with Crippen LogP contribution in [-0.2, 0) is 25.6 Å². The SMILES string of the molecule is COC(=O)OCOc1ccc(COO)cc1.[C-]#[O+]. The Morgan fingerprint density at radius 2 is 1.94 bits per heavy atom. The molecule has 1 rings (SSSR count). The summed E-state index contributed by atoms with van der Waals surface area (Å²) in [6.07, 6.45) is -0.801. The van der Waals surface area contributed by atoms with Crippen molar-refractivity contribution in [2.24, 2.45) is 0 Å². The standard InChI is InChI=1S/C10H12O6.CO/c1-13-10(11)15-7-14-9-4-2-8(3-5-9)6-16-12;1-2/h2-5,12H,6-7H2,1H3;. The van der Waals surface area contributed by atoms with Gasteiger partial charge in [0.05, 0.1) is 7.11 Å². The number of hydrogen-bond donors (Lipinski definition) is 1. The van der Waals surface area contributed by atoms with Crippen molar-refractivity contribution in [1.82, 2.24) is 0 Å². The maximum absolute atomic E-state index is 10.6. The number of carbonyl (C=O) groups is 1. The van der Waals surface area contributed by atoms with Crippen molar-refractivity contribution in [1.29, 1.82) is 0 Å². The molecule has 18 heavy (non-hydrogen) atoms. The van der Waals surface area contributed by atoms with Crippen LogP contribution in [0.15, 0.2) is 24.3 Å². The number of rotatable bonds is 5. The molecule has 0 saturated heterocycles. The molecule has 7 nitrogen and oxygen atoms in total. The van der Waals surface area contributed by atoms with Crippen LogP contribution in [0.2, 0.25) is 0 Å². The second-order valence-corrected chi connectivity index (χ2v) is 2.78. The molecule has 1 aromatic carbocycles. The van der Waals surface area contributed by atoms with Crippen LogP contribution in [0.25, 0.3) is 0 Å². The fourth-order valence-corrected chi connectivity index (χ4v) is 0.961. The third kappa shape index (κ3) is 6.51. The molecule has 0 amide bonds. The van der Waals surface area contributed by atoms with E-state index in [1.165, 1.54) is 7.11 Å². The van der Waals surface area contributed by atoms with E-state index >= 15 is 0 Å². The van der Waals surface area contributed by atoms with Gasteiger partial charge in [0.2, 0.25) is 6.79 Å². The Morgan fingerprint density at radius 1 is 1.33 bits per heavy atom. The van der Waals surface area contributed by atoms with Crippen molar-refractivity contribution in [3.8, 4) is 5.75 Å². The normalized spacial score (nSPS) is 8.67. The fourth-order valence-electron chi connectivity index (χ4n) is 0.961. The van der Waals surface area contributed by atoms with Crippen LogP contribution >= 0.6 is 0 Å². The van der Waals surface area contributed by atoms with Crippen LogP contribution in [-0.4, -0.2) is 25.3 Å². The van der Waals surface area contributed by atoms with Gasteiger partial charge in [-0.1, -0.05) is 12.1 Å². The molecule has 98 valence electrons. The van der Waals surface area contributed by atoms with Gasteiger partial charge in [0.1, 0.15) is 12.4 Å². The fraction of sp³-hybridized carbons (Fsp3) is 0.273. The molecule has 0 aliphatic carbocycles. The Bertz CT molecular complexity index is 357. The topological polar surface area (TPSA) is 94.1 Å². The van der Waals surface area contributed by atoms with Gasteiger partial charge >= 0.3 is 17.5 Å². The van der Waals surface area contributed by atoms with Gasteiger partial charge in [-0.15, -0.1) is 0 Å². The maximum atomic E-state index is 10.6. The molecule has 0 spiro atoms. The summed E-state index contributed by atoms with van der Waals surface area (Å²) in [5.41, 5.74) is 0.795. The summed E-state index contributed by atoms with van der Waals surface area (Å²) in [5, 5.41) is 8.22. The van der Waals surface area contributed by atoms with Crippen molar-refractivity contribution in [2.75, 3.05) is 13.9 Å². The molecule has 0 aliphatic heterocycles. The first-order chi connectivity index (χ1) is 8.76. The Balaban J connectivity index is 0.00000137. The van der Waals surface area contributed by atoms with E-state index in [1.54, 1.807) is 24.3 Å². The molecule has 0 heterocycles. The second-order valence-electron chi connectivity index (χ2n) is 2.78. The minimum absolute atomic E-state index is 0.110. The Morgan fingerprint density at radius 3 is 2.44 bits per heavy atom. The van der Waals surface area contributed by atoms with Gasteiger partial charge in [0.15, 0.2) is 0 Å². The van der Waals surface area contributed by atoms with Crippen molar-refractivity contribution in [3.63, 3.8) is 0 Å². The van der Waals surface area contributed by atoms with Gasteiger partial charge in [-0.05, 0) is 17.7 Å². The van der Waals surface area contributed by atoms with Gasteiger partial charge in [-0.25, -0.2) is 9.68 Å². The summed E-state index contributed by atoms with van der Waals surface area (Å²) in [7, 11) is 1.21. The van der Waals surface area contributed by atoms with E-state index in [9.17, 15) is 4.79 Å². The number of methoxy groups -OCH3 is 1. The summed E-state index contributed by atoms with van der Waals surface area (Å²) in [6, 6.07) is 6.75. The number of benzene rings is 1. The first-order valence-corrected chi connectivity index (χ1v) is 4.65. The quantitative estimate of drug-likeness (QED) is 0.215. The average molecular weight is 256 g/mol. The summed E-state index contributed by atoms with van der Waals surface area (Å²) in [5.74, 6) is 0.533. The summed E-state index contributed by atoms with van der Waals surface area (Å²) in [6.45, 7) is 4.39. The van der Waals surface area contributed by atoms with Crippen LogP contribution in [0.4, 0.5) is 4.79 Å². The van der Waals surface area contributed by atoms with E-state index in [1.807, 2.05) is 0 Å². The van der Waals surface area contributed by atoms with E-state index in [-0.39, 0.29) is 13.4 Å². The Kier molecular flexibility index (Phi) is 8.97.